The van der Waals surface area contributed by atoms with Crippen LogP contribution in [0, 0.1) is 5.92 Å². The number of halogens is 2. The van der Waals surface area contributed by atoms with E-state index in [2.05, 4.69) is 28.4 Å². The van der Waals surface area contributed by atoms with Crippen LogP contribution >= 0.6 is 23.2 Å². The third-order valence-corrected chi connectivity index (χ3v) is 3.53. The minimum absolute atomic E-state index is 0.423. The first-order valence-corrected chi connectivity index (χ1v) is 6.91. The second kappa shape index (κ2) is 4.66. The molecule has 0 aliphatic heterocycles. The van der Waals surface area contributed by atoms with E-state index in [1.165, 1.54) is 0 Å². The molecule has 0 aliphatic rings. The Morgan fingerprint density at radius 1 is 1.26 bits per heavy atom. The van der Waals surface area contributed by atoms with Crippen LogP contribution in [0.1, 0.15) is 13.8 Å². The molecule has 0 atom stereocenters. The molecule has 3 nitrogen and oxygen atoms in total. The molecule has 3 rings (SSSR count). The Balaban J connectivity index is 2.39. The average Bonchev–Trinajstić information content (AvgIpc) is 2.73. The summed E-state index contributed by atoms with van der Waals surface area (Å²) in [6, 6.07) is 5.67. The largest absolute Gasteiger partial charge is 0.330 e. The smallest absolute Gasteiger partial charge is 0.157 e. The van der Waals surface area contributed by atoms with Gasteiger partial charge in [-0.15, -0.1) is 0 Å². The number of fused-ring (bicyclic) bond motifs is 3. The molecule has 0 bridgehead atoms. The quantitative estimate of drug-likeness (QED) is 0.649. The lowest BCUT2D eigenvalue weighted by Gasteiger charge is -2.09. The van der Waals surface area contributed by atoms with Gasteiger partial charge in [0.2, 0.25) is 0 Å². The van der Waals surface area contributed by atoms with Crippen molar-refractivity contribution >= 4 is 45.1 Å². The Morgan fingerprint density at radius 3 is 2.79 bits per heavy atom. The fourth-order valence-electron chi connectivity index (χ4n) is 2.30. The van der Waals surface area contributed by atoms with Crippen molar-refractivity contribution in [1.82, 2.24) is 14.5 Å². The van der Waals surface area contributed by atoms with Crippen LogP contribution in [0.3, 0.4) is 0 Å². The molecule has 2 aromatic heterocycles. The van der Waals surface area contributed by atoms with Gasteiger partial charge >= 0.3 is 0 Å². The van der Waals surface area contributed by atoms with Crippen molar-refractivity contribution < 1.29 is 0 Å². The maximum atomic E-state index is 6.21. The highest BCUT2D eigenvalue weighted by Crippen LogP contribution is 2.30. The van der Waals surface area contributed by atoms with Crippen LogP contribution in [0.25, 0.3) is 21.9 Å². The van der Waals surface area contributed by atoms with Crippen LogP contribution in [-0.4, -0.2) is 14.5 Å². The lowest BCUT2D eigenvalue weighted by atomic mass is 10.1. The van der Waals surface area contributed by atoms with E-state index in [1.54, 1.807) is 0 Å². The van der Waals surface area contributed by atoms with Gasteiger partial charge in [0.25, 0.3) is 0 Å². The van der Waals surface area contributed by atoms with Gasteiger partial charge in [-0.2, -0.15) is 0 Å². The summed E-state index contributed by atoms with van der Waals surface area (Å²) in [5, 5.41) is 2.11. The van der Waals surface area contributed by atoms with Crippen molar-refractivity contribution in [2.45, 2.75) is 20.4 Å². The maximum absolute atomic E-state index is 6.21. The zero-order valence-electron chi connectivity index (χ0n) is 10.7. The minimum Gasteiger partial charge on any atom is -0.330 e. The first-order chi connectivity index (χ1) is 9.06. The predicted molar refractivity (Wildman–Crippen MR) is 79.9 cm³/mol. The monoisotopic (exact) mass is 293 g/mol. The second-order valence-electron chi connectivity index (χ2n) is 5.05. The molecule has 1 aromatic carbocycles. The summed E-state index contributed by atoms with van der Waals surface area (Å²) in [7, 11) is 0. The molecule has 19 heavy (non-hydrogen) atoms. The van der Waals surface area contributed by atoms with E-state index < -0.39 is 0 Å². The van der Waals surface area contributed by atoms with Crippen LogP contribution in [0.2, 0.25) is 10.2 Å². The molecule has 0 fully saturated rings. The number of benzene rings is 1. The summed E-state index contributed by atoms with van der Waals surface area (Å²) in [6.07, 6.45) is 1.83. The number of nitrogens with zero attached hydrogens (tertiary/aromatic N) is 3. The molecule has 0 spiro atoms. The molecule has 0 amide bonds. The predicted octanol–water partition coefficient (Wildman–Crippen LogP) is 4.55. The van der Waals surface area contributed by atoms with Crippen LogP contribution in [0.4, 0.5) is 0 Å². The van der Waals surface area contributed by atoms with Crippen molar-refractivity contribution in [2.75, 3.05) is 0 Å². The van der Waals surface area contributed by atoms with Gasteiger partial charge in [0.15, 0.2) is 5.15 Å². The SMILES string of the molecule is CC(C)Cn1cnc2c(Cl)nc3cc(Cl)ccc3c21. The molecule has 0 aliphatic carbocycles. The summed E-state index contributed by atoms with van der Waals surface area (Å²) in [5.41, 5.74) is 2.58. The zero-order valence-corrected chi connectivity index (χ0v) is 12.2. The third kappa shape index (κ3) is 2.17. The van der Waals surface area contributed by atoms with E-state index in [1.807, 2.05) is 24.5 Å². The van der Waals surface area contributed by atoms with E-state index >= 15 is 0 Å². The number of aromatic nitrogens is 3. The Kier molecular flexibility index (Phi) is 3.11. The maximum Gasteiger partial charge on any atom is 0.157 e. The highest BCUT2D eigenvalue weighted by atomic mass is 35.5. The number of rotatable bonds is 2. The molecule has 5 heteroatoms. The van der Waals surface area contributed by atoms with Crippen molar-refractivity contribution in [3.63, 3.8) is 0 Å². The standard InChI is InChI=1S/C14H13Cl2N3/c1-8(2)6-19-7-17-12-13(19)10-4-3-9(15)5-11(10)18-14(12)16/h3-5,7-8H,6H2,1-2H3. The number of pyridine rings is 1. The van der Waals surface area contributed by atoms with Gasteiger partial charge in [0, 0.05) is 17.0 Å². The first kappa shape index (κ1) is 12.7. The highest BCUT2D eigenvalue weighted by Gasteiger charge is 2.13. The van der Waals surface area contributed by atoms with Gasteiger partial charge in [-0.25, -0.2) is 9.97 Å². The molecule has 0 radical (unpaired) electrons. The van der Waals surface area contributed by atoms with Gasteiger partial charge in [-0.3, -0.25) is 0 Å². The molecule has 0 N–H and O–H groups in total. The summed E-state index contributed by atoms with van der Waals surface area (Å²) in [5.74, 6) is 0.534. The third-order valence-electron chi connectivity index (χ3n) is 3.03. The molecular weight excluding hydrogens is 281 g/mol. The second-order valence-corrected chi connectivity index (χ2v) is 5.85. The normalized spacial score (nSPS) is 11.8. The Hall–Kier alpha value is -1.32. The van der Waals surface area contributed by atoms with Crippen molar-refractivity contribution in [2.24, 2.45) is 5.92 Å². The van der Waals surface area contributed by atoms with E-state index in [9.17, 15) is 0 Å². The summed E-state index contributed by atoms with van der Waals surface area (Å²) < 4.78 is 2.13. The van der Waals surface area contributed by atoms with E-state index in [0.717, 1.165) is 28.5 Å². The van der Waals surface area contributed by atoms with E-state index in [4.69, 9.17) is 23.2 Å². The Morgan fingerprint density at radius 2 is 2.05 bits per heavy atom. The lowest BCUT2D eigenvalue weighted by molar-refractivity contribution is 0.533. The van der Waals surface area contributed by atoms with Crippen molar-refractivity contribution in [3.05, 3.63) is 34.7 Å². The summed E-state index contributed by atoms with van der Waals surface area (Å²) >= 11 is 12.2. The molecule has 2 heterocycles. The average molecular weight is 294 g/mol. The van der Waals surface area contributed by atoms with Gasteiger partial charge in [0.05, 0.1) is 17.4 Å². The summed E-state index contributed by atoms with van der Waals surface area (Å²) in [4.78, 5) is 8.74. The van der Waals surface area contributed by atoms with Gasteiger partial charge in [0.1, 0.15) is 5.52 Å². The molecular formula is C14H13Cl2N3. The molecule has 98 valence electrons. The van der Waals surface area contributed by atoms with Crippen LogP contribution in [0.15, 0.2) is 24.5 Å². The van der Waals surface area contributed by atoms with Crippen molar-refractivity contribution in [3.8, 4) is 0 Å². The molecule has 0 saturated heterocycles. The Labute approximate surface area is 121 Å². The summed E-state index contributed by atoms with van der Waals surface area (Å²) in [6.45, 7) is 5.25. The molecule has 0 unspecified atom stereocenters. The van der Waals surface area contributed by atoms with Gasteiger partial charge in [-0.05, 0) is 24.1 Å². The van der Waals surface area contributed by atoms with Crippen LogP contribution < -0.4 is 0 Å². The molecule has 3 aromatic rings. The van der Waals surface area contributed by atoms with Gasteiger partial charge in [-0.1, -0.05) is 37.0 Å². The number of hydrogen-bond donors (Lipinski definition) is 0. The molecule has 0 saturated carbocycles. The van der Waals surface area contributed by atoms with Crippen LogP contribution in [0.5, 0.6) is 0 Å². The minimum atomic E-state index is 0.423. The van der Waals surface area contributed by atoms with E-state index in [-0.39, 0.29) is 0 Å². The highest BCUT2D eigenvalue weighted by molar-refractivity contribution is 6.35. The first-order valence-electron chi connectivity index (χ1n) is 6.16. The lowest BCUT2D eigenvalue weighted by Crippen LogP contribution is -2.03. The van der Waals surface area contributed by atoms with Crippen molar-refractivity contribution in [1.29, 1.82) is 0 Å². The Bertz CT molecular complexity index is 762. The fraction of sp³-hybridized carbons (Fsp3) is 0.286. The zero-order chi connectivity index (χ0) is 13.6. The van der Waals surface area contributed by atoms with E-state index in [0.29, 0.717) is 16.1 Å². The topological polar surface area (TPSA) is 30.7 Å². The van der Waals surface area contributed by atoms with Gasteiger partial charge < -0.3 is 4.57 Å². The fourth-order valence-corrected chi connectivity index (χ4v) is 2.70. The number of imidazole rings is 1. The number of hydrogen-bond acceptors (Lipinski definition) is 2. The van der Waals surface area contributed by atoms with Crippen LogP contribution in [-0.2, 0) is 6.54 Å².